The van der Waals surface area contributed by atoms with Gasteiger partial charge >= 0.3 is 5.97 Å². The minimum absolute atomic E-state index is 0.193. The van der Waals surface area contributed by atoms with E-state index in [9.17, 15) is 4.79 Å². The van der Waals surface area contributed by atoms with Gasteiger partial charge < -0.3 is 5.11 Å². The lowest BCUT2D eigenvalue weighted by molar-refractivity contribution is 0.0695. The molecule has 0 saturated carbocycles. The first-order valence-corrected chi connectivity index (χ1v) is 4.85. The third-order valence-electron chi connectivity index (χ3n) is 1.91. The maximum absolute atomic E-state index is 10.9. The molecule has 0 aliphatic heterocycles. The summed E-state index contributed by atoms with van der Waals surface area (Å²) in [6.07, 6.45) is 0.619. The number of aromatic carboxylic acids is 1. The topological polar surface area (TPSA) is 61.1 Å². The van der Waals surface area contributed by atoms with Crippen LogP contribution in [0.5, 0.6) is 0 Å². The van der Waals surface area contributed by atoms with Crippen molar-refractivity contribution in [1.29, 1.82) is 5.26 Å². The molecule has 1 aromatic carbocycles. The summed E-state index contributed by atoms with van der Waals surface area (Å²) in [5.41, 5.74) is 1.27. The molecule has 0 radical (unpaired) electrons. The fourth-order valence-electron chi connectivity index (χ4n) is 1.25. The van der Waals surface area contributed by atoms with Crippen LogP contribution in [-0.4, -0.2) is 11.1 Å². The van der Waals surface area contributed by atoms with Crippen molar-refractivity contribution in [2.24, 2.45) is 0 Å². The maximum Gasteiger partial charge on any atom is 0.336 e. The molecule has 0 unspecified atom stereocenters. The highest BCUT2D eigenvalue weighted by Crippen LogP contribution is 2.23. The Morgan fingerprint density at radius 1 is 1.64 bits per heavy atom. The van der Waals surface area contributed by atoms with Crippen molar-refractivity contribution >= 4 is 21.9 Å². The molecule has 0 fully saturated rings. The summed E-state index contributed by atoms with van der Waals surface area (Å²) in [4.78, 5) is 10.9. The van der Waals surface area contributed by atoms with Crippen LogP contribution in [0.15, 0.2) is 16.6 Å². The molecule has 0 amide bonds. The monoisotopic (exact) mass is 253 g/mol. The second kappa shape index (κ2) is 4.25. The normalized spacial score (nSPS) is 9.50. The SMILES string of the molecule is CCc1c(Br)cc(C#N)cc1C(=O)O. The van der Waals surface area contributed by atoms with Gasteiger partial charge in [0, 0.05) is 4.47 Å². The van der Waals surface area contributed by atoms with E-state index in [-0.39, 0.29) is 5.56 Å². The average Bonchev–Trinajstić information content (AvgIpc) is 2.16. The third kappa shape index (κ3) is 1.94. The van der Waals surface area contributed by atoms with E-state index in [1.165, 1.54) is 6.07 Å². The van der Waals surface area contributed by atoms with Crippen LogP contribution in [-0.2, 0) is 6.42 Å². The Balaban J connectivity index is 3.45. The number of nitrogens with zero attached hydrogens (tertiary/aromatic N) is 1. The van der Waals surface area contributed by atoms with Crippen LogP contribution in [0.2, 0.25) is 0 Å². The molecule has 0 heterocycles. The molecule has 1 rings (SSSR count). The summed E-state index contributed by atoms with van der Waals surface area (Å²) in [7, 11) is 0. The highest BCUT2D eigenvalue weighted by atomic mass is 79.9. The van der Waals surface area contributed by atoms with Crippen molar-refractivity contribution in [3.05, 3.63) is 33.3 Å². The number of rotatable bonds is 2. The van der Waals surface area contributed by atoms with E-state index in [2.05, 4.69) is 15.9 Å². The van der Waals surface area contributed by atoms with Crippen LogP contribution in [0.3, 0.4) is 0 Å². The molecular weight excluding hydrogens is 246 g/mol. The lowest BCUT2D eigenvalue weighted by Gasteiger charge is -2.06. The van der Waals surface area contributed by atoms with Crippen LogP contribution in [0, 0.1) is 11.3 Å². The van der Waals surface area contributed by atoms with Crippen molar-refractivity contribution in [3.8, 4) is 6.07 Å². The first kappa shape index (κ1) is 10.7. The van der Waals surface area contributed by atoms with E-state index in [1.807, 2.05) is 13.0 Å². The standard InChI is InChI=1S/C10H8BrNO2/c1-2-7-8(10(13)14)3-6(5-12)4-9(7)11/h3-4H,2H2,1H3,(H,13,14). The van der Waals surface area contributed by atoms with Gasteiger partial charge in [0.15, 0.2) is 0 Å². The Labute approximate surface area is 90.1 Å². The summed E-state index contributed by atoms with van der Waals surface area (Å²) in [5.74, 6) is -1.00. The quantitative estimate of drug-likeness (QED) is 0.882. The molecule has 0 saturated heterocycles. The molecule has 0 atom stereocenters. The van der Waals surface area contributed by atoms with E-state index in [0.717, 1.165) is 5.56 Å². The molecular formula is C10H8BrNO2. The van der Waals surface area contributed by atoms with Gasteiger partial charge in [0.25, 0.3) is 0 Å². The second-order valence-corrected chi connectivity index (χ2v) is 3.61. The van der Waals surface area contributed by atoms with Gasteiger partial charge in [-0.05, 0) is 24.1 Å². The van der Waals surface area contributed by atoms with Gasteiger partial charge in [-0.2, -0.15) is 5.26 Å². The van der Waals surface area contributed by atoms with E-state index in [1.54, 1.807) is 6.07 Å². The smallest absolute Gasteiger partial charge is 0.336 e. The second-order valence-electron chi connectivity index (χ2n) is 2.75. The van der Waals surface area contributed by atoms with Crippen molar-refractivity contribution in [3.63, 3.8) is 0 Å². The van der Waals surface area contributed by atoms with Crippen LogP contribution < -0.4 is 0 Å². The molecule has 3 nitrogen and oxygen atoms in total. The molecule has 1 N–H and O–H groups in total. The number of carbonyl (C=O) groups is 1. The molecule has 14 heavy (non-hydrogen) atoms. The van der Waals surface area contributed by atoms with Gasteiger partial charge in [0.1, 0.15) is 0 Å². The number of hydrogen-bond donors (Lipinski definition) is 1. The Kier molecular flexibility index (Phi) is 3.26. The number of benzene rings is 1. The van der Waals surface area contributed by atoms with Gasteiger partial charge in [-0.3, -0.25) is 0 Å². The summed E-state index contributed by atoms with van der Waals surface area (Å²) < 4.78 is 0.677. The Hall–Kier alpha value is -1.34. The van der Waals surface area contributed by atoms with Gasteiger partial charge in [0.2, 0.25) is 0 Å². The van der Waals surface area contributed by atoms with Gasteiger partial charge in [-0.25, -0.2) is 4.79 Å². The highest BCUT2D eigenvalue weighted by Gasteiger charge is 2.13. The summed E-state index contributed by atoms with van der Waals surface area (Å²) >= 11 is 3.25. The summed E-state index contributed by atoms with van der Waals surface area (Å²) in [5, 5.41) is 17.6. The van der Waals surface area contributed by atoms with E-state index >= 15 is 0 Å². The number of carboxylic acids is 1. The average molecular weight is 254 g/mol. The first-order chi connectivity index (χ1) is 6.60. The van der Waals surface area contributed by atoms with Crippen molar-refractivity contribution in [2.45, 2.75) is 13.3 Å². The molecule has 72 valence electrons. The summed E-state index contributed by atoms with van der Waals surface area (Å²) in [6, 6.07) is 4.95. The van der Waals surface area contributed by atoms with Crippen LogP contribution in [0.25, 0.3) is 0 Å². The molecule has 0 aromatic heterocycles. The third-order valence-corrected chi connectivity index (χ3v) is 2.62. The lowest BCUT2D eigenvalue weighted by atomic mass is 10.0. The molecule has 0 spiro atoms. The van der Waals surface area contributed by atoms with Crippen molar-refractivity contribution in [1.82, 2.24) is 0 Å². The molecule has 0 aliphatic rings. The van der Waals surface area contributed by atoms with E-state index < -0.39 is 5.97 Å². The zero-order chi connectivity index (χ0) is 10.7. The summed E-state index contributed by atoms with van der Waals surface area (Å²) in [6.45, 7) is 1.87. The van der Waals surface area contributed by atoms with E-state index in [0.29, 0.717) is 16.5 Å². The molecule has 4 heteroatoms. The number of hydrogen-bond acceptors (Lipinski definition) is 2. The zero-order valence-electron chi connectivity index (χ0n) is 7.54. The van der Waals surface area contributed by atoms with Crippen LogP contribution in [0.4, 0.5) is 0 Å². The van der Waals surface area contributed by atoms with E-state index in [4.69, 9.17) is 10.4 Å². The molecule has 0 aliphatic carbocycles. The van der Waals surface area contributed by atoms with Gasteiger partial charge in [-0.1, -0.05) is 22.9 Å². The number of carboxylic acid groups (broad SMARTS) is 1. The Morgan fingerprint density at radius 2 is 2.29 bits per heavy atom. The first-order valence-electron chi connectivity index (χ1n) is 4.06. The van der Waals surface area contributed by atoms with Gasteiger partial charge in [-0.15, -0.1) is 0 Å². The fraction of sp³-hybridized carbons (Fsp3) is 0.200. The molecule has 0 bridgehead atoms. The number of halogens is 1. The largest absolute Gasteiger partial charge is 0.478 e. The zero-order valence-corrected chi connectivity index (χ0v) is 9.13. The lowest BCUT2D eigenvalue weighted by Crippen LogP contribution is -2.03. The number of nitriles is 1. The Bertz CT molecular complexity index is 421. The predicted octanol–water partition coefficient (Wildman–Crippen LogP) is 2.58. The highest BCUT2D eigenvalue weighted by molar-refractivity contribution is 9.10. The van der Waals surface area contributed by atoms with Crippen LogP contribution in [0.1, 0.15) is 28.4 Å². The minimum atomic E-state index is -1.00. The maximum atomic E-state index is 10.9. The van der Waals surface area contributed by atoms with Crippen molar-refractivity contribution in [2.75, 3.05) is 0 Å². The van der Waals surface area contributed by atoms with Crippen LogP contribution >= 0.6 is 15.9 Å². The Morgan fingerprint density at radius 3 is 2.71 bits per heavy atom. The fourth-order valence-corrected chi connectivity index (χ4v) is 1.99. The molecule has 1 aromatic rings. The predicted molar refractivity (Wildman–Crippen MR) is 55.2 cm³/mol. The van der Waals surface area contributed by atoms with Gasteiger partial charge in [0.05, 0.1) is 17.2 Å². The van der Waals surface area contributed by atoms with Crippen molar-refractivity contribution < 1.29 is 9.90 Å². The minimum Gasteiger partial charge on any atom is -0.478 e.